The van der Waals surface area contributed by atoms with Gasteiger partial charge in [0.1, 0.15) is 11.5 Å². The molecule has 0 aromatic heterocycles. The molecule has 6 heteroatoms. The number of hydrogen-bond acceptors (Lipinski definition) is 4. The lowest BCUT2D eigenvalue weighted by molar-refractivity contribution is 0.200. The molecule has 0 N–H and O–H groups in total. The van der Waals surface area contributed by atoms with E-state index in [1.54, 1.807) is 36.4 Å². The zero-order chi connectivity index (χ0) is 15.9. The van der Waals surface area contributed by atoms with Crippen molar-refractivity contribution in [1.29, 1.82) is 0 Å². The molecule has 2 rings (SSSR count). The summed E-state index contributed by atoms with van der Waals surface area (Å²) in [6.07, 6.45) is -1.99. The lowest BCUT2D eigenvalue weighted by Gasteiger charge is -2.01. The maximum absolute atomic E-state index is 11.4. The molecule has 0 radical (unpaired) electrons. The SMILES string of the molecule is Cc1cccc(OC(=O)/N=N/C(=O)Oc2cccc(C)c2)c1. The molecular weight excluding hydrogens is 284 g/mol. The Kier molecular flexibility index (Phi) is 4.98. The molecule has 0 saturated carbocycles. The average molecular weight is 298 g/mol. The van der Waals surface area contributed by atoms with Crippen LogP contribution in [-0.4, -0.2) is 12.2 Å². The van der Waals surface area contributed by atoms with E-state index in [0.717, 1.165) is 11.1 Å². The second kappa shape index (κ2) is 7.12. The molecule has 0 heterocycles. The van der Waals surface area contributed by atoms with Crippen LogP contribution >= 0.6 is 0 Å². The summed E-state index contributed by atoms with van der Waals surface area (Å²) in [5.74, 6) is 0.659. The van der Waals surface area contributed by atoms with Crippen LogP contribution in [0.4, 0.5) is 9.59 Å². The fraction of sp³-hybridized carbons (Fsp3) is 0.125. The number of hydrogen-bond donors (Lipinski definition) is 0. The highest BCUT2D eigenvalue weighted by molar-refractivity contribution is 5.76. The van der Waals surface area contributed by atoms with Crippen LogP contribution < -0.4 is 9.47 Å². The number of aryl methyl sites for hydroxylation is 2. The number of benzene rings is 2. The van der Waals surface area contributed by atoms with Gasteiger partial charge in [-0.15, -0.1) is 0 Å². The molecule has 6 nitrogen and oxygen atoms in total. The Morgan fingerprint density at radius 2 is 1.18 bits per heavy atom. The zero-order valence-corrected chi connectivity index (χ0v) is 12.1. The monoisotopic (exact) mass is 298 g/mol. The molecule has 0 aliphatic rings. The summed E-state index contributed by atoms with van der Waals surface area (Å²) in [6, 6.07) is 13.7. The quantitative estimate of drug-likeness (QED) is 0.767. The smallest absolute Gasteiger partial charge is 0.408 e. The highest BCUT2D eigenvalue weighted by Crippen LogP contribution is 2.14. The third-order valence-corrected chi connectivity index (χ3v) is 2.60. The lowest BCUT2D eigenvalue weighted by atomic mass is 10.2. The molecule has 0 atom stereocenters. The highest BCUT2D eigenvalue weighted by Gasteiger charge is 2.07. The van der Waals surface area contributed by atoms with Crippen molar-refractivity contribution in [2.45, 2.75) is 13.8 Å². The van der Waals surface area contributed by atoms with Crippen molar-refractivity contribution >= 4 is 12.2 Å². The minimum absolute atomic E-state index is 0.330. The number of carbonyl (C=O) groups excluding carboxylic acids is 2. The third kappa shape index (κ3) is 4.82. The summed E-state index contributed by atoms with van der Waals surface area (Å²) in [5, 5.41) is 6.31. The Morgan fingerprint density at radius 1 is 0.773 bits per heavy atom. The van der Waals surface area contributed by atoms with E-state index < -0.39 is 12.2 Å². The molecule has 0 spiro atoms. The van der Waals surface area contributed by atoms with Crippen molar-refractivity contribution in [2.24, 2.45) is 10.2 Å². The first-order valence-corrected chi connectivity index (χ1v) is 6.51. The first-order chi connectivity index (χ1) is 10.5. The van der Waals surface area contributed by atoms with E-state index in [0.29, 0.717) is 11.5 Å². The van der Waals surface area contributed by atoms with E-state index in [1.807, 2.05) is 26.0 Å². The molecule has 22 heavy (non-hydrogen) atoms. The van der Waals surface area contributed by atoms with E-state index in [1.165, 1.54) is 0 Å². The van der Waals surface area contributed by atoms with Gasteiger partial charge in [-0.3, -0.25) is 0 Å². The van der Waals surface area contributed by atoms with E-state index in [9.17, 15) is 9.59 Å². The Bertz CT molecular complexity index is 664. The summed E-state index contributed by atoms with van der Waals surface area (Å²) in [5.41, 5.74) is 1.86. The van der Waals surface area contributed by atoms with Crippen LogP contribution in [0.5, 0.6) is 11.5 Å². The average Bonchev–Trinajstić information content (AvgIpc) is 2.45. The second-order valence-electron chi connectivity index (χ2n) is 4.57. The number of rotatable bonds is 2. The van der Waals surface area contributed by atoms with Crippen LogP contribution in [0.2, 0.25) is 0 Å². The Balaban J connectivity index is 1.90. The minimum atomic E-state index is -0.994. The van der Waals surface area contributed by atoms with Gasteiger partial charge < -0.3 is 9.47 Å². The van der Waals surface area contributed by atoms with Crippen molar-refractivity contribution in [3.63, 3.8) is 0 Å². The van der Waals surface area contributed by atoms with Crippen LogP contribution in [0.1, 0.15) is 11.1 Å². The van der Waals surface area contributed by atoms with Gasteiger partial charge in [0, 0.05) is 0 Å². The fourth-order valence-electron chi connectivity index (χ4n) is 1.68. The molecule has 0 saturated heterocycles. The summed E-state index contributed by atoms with van der Waals surface area (Å²) < 4.78 is 9.82. The number of nitrogens with zero attached hydrogens (tertiary/aromatic N) is 2. The van der Waals surface area contributed by atoms with Crippen LogP contribution in [0.15, 0.2) is 58.8 Å². The second-order valence-corrected chi connectivity index (χ2v) is 4.57. The molecule has 2 aromatic rings. The van der Waals surface area contributed by atoms with Crippen molar-refractivity contribution in [3.05, 3.63) is 59.7 Å². The van der Waals surface area contributed by atoms with E-state index >= 15 is 0 Å². The molecule has 0 fully saturated rings. The first-order valence-electron chi connectivity index (χ1n) is 6.51. The fourth-order valence-corrected chi connectivity index (χ4v) is 1.68. The molecule has 0 aliphatic carbocycles. The van der Waals surface area contributed by atoms with Crippen LogP contribution in [0, 0.1) is 13.8 Å². The first kappa shape index (κ1) is 15.4. The van der Waals surface area contributed by atoms with Gasteiger partial charge in [-0.05, 0) is 49.2 Å². The van der Waals surface area contributed by atoms with Crippen molar-refractivity contribution in [2.75, 3.05) is 0 Å². The van der Waals surface area contributed by atoms with Crippen LogP contribution in [0.25, 0.3) is 0 Å². The maximum atomic E-state index is 11.4. The standard InChI is InChI=1S/C16H14N2O4/c1-11-5-3-7-13(9-11)21-15(19)17-18-16(20)22-14-8-4-6-12(2)10-14/h3-10H,1-2H3/b18-17+. The van der Waals surface area contributed by atoms with Gasteiger partial charge in [-0.25, -0.2) is 9.59 Å². The molecular formula is C16H14N2O4. The van der Waals surface area contributed by atoms with Crippen LogP contribution in [-0.2, 0) is 0 Å². The Labute approximate surface area is 127 Å². The largest absolute Gasteiger partial charge is 0.458 e. The predicted octanol–water partition coefficient (Wildman–Crippen LogP) is 4.45. The predicted molar refractivity (Wildman–Crippen MR) is 79.3 cm³/mol. The van der Waals surface area contributed by atoms with E-state index in [4.69, 9.17) is 9.47 Å². The molecule has 0 aliphatic heterocycles. The van der Waals surface area contributed by atoms with Gasteiger partial charge in [0.15, 0.2) is 0 Å². The normalized spacial score (nSPS) is 10.5. The highest BCUT2D eigenvalue weighted by atomic mass is 16.6. The topological polar surface area (TPSA) is 77.3 Å². The van der Waals surface area contributed by atoms with Gasteiger partial charge in [-0.1, -0.05) is 34.5 Å². The minimum Gasteiger partial charge on any atom is -0.408 e. The van der Waals surface area contributed by atoms with Crippen molar-refractivity contribution in [1.82, 2.24) is 0 Å². The molecule has 0 bridgehead atoms. The molecule has 2 amide bonds. The molecule has 2 aromatic carbocycles. The number of azo groups is 1. The third-order valence-electron chi connectivity index (χ3n) is 2.60. The number of amides is 2. The summed E-state index contributed by atoms with van der Waals surface area (Å²) in [4.78, 5) is 22.9. The molecule has 112 valence electrons. The summed E-state index contributed by atoms with van der Waals surface area (Å²) in [6.45, 7) is 3.72. The van der Waals surface area contributed by atoms with Gasteiger partial charge in [0.25, 0.3) is 0 Å². The summed E-state index contributed by atoms with van der Waals surface area (Å²) in [7, 11) is 0. The van der Waals surface area contributed by atoms with Crippen molar-refractivity contribution < 1.29 is 19.1 Å². The van der Waals surface area contributed by atoms with Gasteiger partial charge in [0.05, 0.1) is 0 Å². The number of ether oxygens (including phenoxy) is 2. The van der Waals surface area contributed by atoms with Crippen molar-refractivity contribution in [3.8, 4) is 11.5 Å². The van der Waals surface area contributed by atoms with Gasteiger partial charge in [-0.2, -0.15) is 0 Å². The lowest BCUT2D eigenvalue weighted by Crippen LogP contribution is -2.05. The maximum Gasteiger partial charge on any atom is 0.458 e. The number of carbonyl (C=O) groups is 2. The Hall–Kier alpha value is -3.02. The van der Waals surface area contributed by atoms with Gasteiger partial charge >= 0.3 is 12.2 Å². The van der Waals surface area contributed by atoms with E-state index in [2.05, 4.69) is 10.2 Å². The Morgan fingerprint density at radius 3 is 1.55 bits per heavy atom. The zero-order valence-electron chi connectivity index (χ0n) is 12.1. The van der Waals surface area contributed by atoms with Gasteiger partial charge in [0.2, 0.25) is 0 Å². The molecule has 0 unspecified atom stereocenters. The summed E-state index contributed by atoms with van der Waals surface area (Å²) >= 11 is 0. The van der Waals surface area contributed by atoms with Crippen LogP contribution in [0.3, 0.4) is 0 Å². The van der Waals surface area contributed by atoms with E-state index in [-0.39, 0.29) is 0 Å².